The lowest BCUT2D eigenvalue weighted by Crippen LogP contribution is -1.90. The first kappa shape index (κ1) is 12.8. The fourth-order valence-electron chi connectivity index (χ4n) is 2.12. The molecule has 0 saturated carbocycles. The van der Waals surface area contributed by atoms with Gasteiger partial charge in [-0.1, -0.05) is 11.6 Å². The number of aromatic amines is 1. The van der Waals surface area contributed by atoms with Crippen LogP contribution < -0.4 is 10.5 Å². The minimum atomic E-state index is 0.570. The van der Waals surface area contributed by atoms with Gasteiger partial charge in [-0.05, 0) is 43.3 Å². The lowest BCUT2D eigenvalue weighted by molar-refractivity contribution is 0.340. The van der Waals surface area contributed by atoms with E-state index in [1.165, 1.54) is 0 Å². The number of hydrogen-bond acceptors (Lipinski definition) is 3. The van der Waals surface area contributed by atoms with Crippen LogP contribution in [0.1, 0.15) is 6.92 Å². The molecule has 0 amide bonds. The number of rotatable bonds is 3. The number of halogens is 1. The van der Waals surface area contributed by atoms with Gasteiger partial charge < -0.3 is 15.5 Å². The van der Waals surface area contributed by atoms with Crippen LogP contribution in [0.25, 0.3) is 22.4 Å². The molecule has 3 aromatic rings. The summed E-state index contributed by atoms with van der Waals surface area (Å²) in [5, 5.41) is 0.594. The molecule has 0 radical (unpaired) electrons. The van der Waals surface area contributed by atoms with Crippen LogP contribution in [-0.2, 0) is 0 Å². The zero-order valence-electron chi connectivity index (χ0n) is 11.0. The second-order valence-corrected chi connectivity index (χ2v) is 4.87. The van der Waals surface area contributed by atoms with Crippen LogP contribution >= 0.6 is 11.6 Å². The number of anilines is 1. The molecule has 0 fully saturated rings. The summed E-state index contributed by atoms with van der Waals surface area (Å²) in [6.07, 6.45) is 0. The van der Waals surface area contributed by atoms with Crippen molar-refractivity contribution in [3.05, 3.63) is 41.4 Å². The average molecular weight is 288 g/mol. The number of benzene rings is 2. The molecule has 5 heteroatoms. The molecular formula is C15H14ClN3O. The van der Waals surface area contributed by atoms with E-state index in [2.05, 4.69) is 9.97 Å². The molecule has 102 valence electrons. The molecule has 4 nitrogen and oxygen atoms in total. The van der Waals surface area contributed by atoms with Crippen molar-refractivity contribution in [2.75, 3.05) is 12.3 Å². The molecule has 3 rings (SSSR count). The summed E-state index contributed by atoms with van der Waals surface area (Å²) in [4.78, 5) is 7.75. The van der Waals surface area contributed by atoms with E-state index in [-0.39, 0.29) is 0 Å². The van der Waals surface area contributed by atoms with Crippen LogP contribution in [0.2, 0.25) is 5.02 Å². The van der Waals surface area contributed by atoms with Gasteiger partial charge in [0, 0.05) is 10.6 Å². The van der Waals surface area contributed by atoms with Gasteiger partial charge >= 0.3 is 0 Å². The molecule has 0 atom stereocenters. The third-order valence-corrected chi connectivity index (χ3v) is 3.24. The zero-order valence-corrected chi connectivity index (χ0v) is 11.7. The minimum Gasteiger partial charge on any atom is -0.494 e. The third kappa shape index (κ3) is 2.30. The molecule has 2 aromatic carbocycles. The van der Waals surface area contributed by atoms with Crippen LogP contribution in [0.3, 0.4) is 0 Å². The van der Waals surface area contributed by atoms with Gasteiger partial charge in [0.05, 0.1) is 17.8 Å². The van der Waals surface area contributed by atoms with Gasteiger partial charge in [0.25, 0.3) is 0 Å². The number of hydrogen-bond donors (Lipinski definition) is 2. The highest BCUT2D eigenvalue weighted by molar-refractivity contribution is 6.31. The van der Waals surface area contributed by atoms with Crippen molar-refractivity contribution >= 4 is 28.3 Å². The summed E-state index contributed by atoms with van der Waals surface area (Å²) < 4.78 is 5.42. The maximum atomic E-state index is 5.99. The van der Waals surface area contributed by atoms with Crippen molar-refractivity contribution in [3.8, 4) is 17.1 Å². The number of nitrogens with two attached hydrogens (primary N) is 1. The number of nitrogen functional groups attached to an aromatic ring is 1. The maximum Gasteiger partial charge on any atom is 0.138 e. The van der Waals surface area contributed by atoms with E-state index in [1.807, 2.05) is 37.3 Å². The number of H-pyrrole nitrogens is 1. The predicted molar refractivity (Wildman–Crippen MR) is 82.1 cm³/mol. The Morgan fingerprint density at radius 2 is 2.00 bits per heavy atom. The number of ether oxygens (including phenoxy) is 1. The van der Waals surface area contributed by atoms with Crippen molar-refractivity contribution in [3.63, 3.8) is 0 Å². The molecule has 0 bridgehead atoms. The largest absolute Gasteiger partial charge is 0.494 e. The molecular weight excluding hydrogens is 274 g/mol. The molecule has 0 spiro atoms. The minimum absolute atomic E-state index is 0.570. The van der Waals surface area contributed by atoms with E-state index in [1.54, 1.807) is 6.07 Å². The average Bonchev–Trinajstić information content (AvgIpc) is 2.84. The summed E-state index contributed by atoms with van der Waals surface area (Å²) in [6.45, 7) is 2.61. The lowest BCUT2D eigenvalue weighted by atomic mass is 10.2. The van der Waals surface area contributed by atoms with E-state index in [4.69, 9.17) is 22.1 Å². The van der Waals surface area contributed by atoms with E-state index >= 15 is 0 Å². The SMILES string of the molecule is CCOc1ccc(-c2nc3c(N)cc(Cl)cc3[nH]2)cc1. The van der Waals surface area contributed by atoms with E-state index in [9.17, 15) is 0 Å². The number of imidazole rings is 1. The molecule has 1 heterocycles. The number of nitrogens with one attached hydrogen (secondary N) is 1. The van der Waals surface area contributed by atoms with Gasteiger partial charge in [0.1, 0.15) is 17.1 Å². The Labute approximate surface area is 121 Å². The molecule has 3 N–H and O–H groups in total. The Morgan fingerprint density at radius 3 is 2.70 bits per heavy atom. The van der Waals surface area contributed by atoms with Gasteiger partial charge in [-0.2, -0.15) is 0 Å². The first-order valence-corrected chi connectivity index (χ1v) is 6.73. The smallest absolute Gasteiger partial charge is 0.138 e. The van der Waals surface area contributed by atoms with Gasteiger partial charge in [0.2, 0.25) is 0 Å². The van der Waals surface area contributed by atoms with Gasteiger partial charge in [-0.3, -0.25) is 0 Å². The first-order valence-electron chi connectivity index (χ1n) is 6.35. The van der Waals surface area contributed by atoms with E-state index < -0.39 is 0 Å². The second kappa shape index (κ2) is 5.06. The van der Waals surface area contributed by atoms with Gasteiger partial charge in [-0.25, -0.2) is 4.98 Å². The van der Waals surface area contributed by atoms with E-state index in [0.717, 1.165) is 28.2 Å². The highest BCUT2D eigenvalue weighted by Gasteiger charge is 2.09. The highest BCUT2D eigenvalue weighted by atomic mass is 35.5. The Kier molecular flexibility index (Phi) is 3.24. The van der Waals surface area contributed by atoms with Crippen LogP contribution in [0.5, 0.6) is 5.75 Å². The number of nitrogens with zero attached hydrogens (tertiary/aromatic N) is 1. The molecule has 0 aliphatic rings. The van der Waals surface area contributed by atoms with Crippen LogP contribution in [0, 0.1) is 0 Å². The molecule has 0 unspecified atom stereocenters. The lowest BCUT2D eigenvalue weighted by Gasteiger charge is -2.02. The van der Waals surface area contributed by atoms with Crippen molar-refractivity contribution < 1.29 is 4.74 Å². The Morgan fingerprint density at radius 1 is 1.25 bits per heavy atom. The second-order valence-electron chi connectivity index (χ2n) is 4.43. The van der Waals surface area contributed by atoms with Crippen LogP contribution in [-0.4, -0.2) is 16.6 Å². The summed E-state index contributed by atoms with van der Waals surface area (Å²) in [5.74, 6) is 1.60. The number of aromatic nitrogens is 2. The van der Waals surface area contributed by atoms with Gasteiger partial charge in [-0.15, -0.1) is 0 Å². The van der Waals surface area contributed by atoms with Crippen LogP contribution in [0.4, 0.5) is 5.69 Å². The molecule has 20 heavy (non-hydrogen) atoms. The van der Waals surface area contributed by atoms with Crippen LogP contribution in [0.15, 0.2) is 36.4 Å². The summed E-state index contributed by atoms with van der Waals surface area (Å²) in [6, 6.07) is 11.3. The molecule has 0 aliphatic carbocycles. The van der Waals surface area contributed by atoms with Crippen molar-refractivity contribution in [2.45, 2.75) is 6.92 Å². The molecule has 0 saturated heterocycles. The standard InChI is InChI=1S/C15H14ClN3O/c1-2-20-11-5-3-9(4-6-11)15-18-13-8-10(16)7-12(17)14(13)19-15/h3-8H,2,17H2,1H3,(H,18,19). The number of fused-ring (bicyclic) bond motifs is 1. The Hall–Kier alpha value is -2.20. The maximum absolute atomic E-state index is 5.99. The molecule has 0 aliphatic heterocycles. The predicted octanol–water partition coefficient (Wildman–Crippen LogP) is 3.86. The Bertz CT molecular complexity index is 750. The van der Waals surface area contributed by atoms with Crippen molar-refractivity contribution in [1.29, 1.82) is 0 Å². The van der Waals surface area contributed by atoms with Crippen molar-refractivity contribution in [2.24, 2.45) is 0 Å². The third-order valence-electron chi connectivity index (χ3n) is 3.02. The zero-order chi connectivity index (χ0) is 14.1. The Balaban J connectivity index is 2.03. The summed E-state index contributed by atoms with van der Waals surface area (Å²) in [7, 11) is 0. The van der Waals surface area contributed by atoms with Crippen molar-refractivity contribution in [1.82, 2.24) is 9.97 Å². The first-order chi connectivity index (χ1) is 9.67. The fraction of sp³-hybridized carbons (Fsp3) is 0.133. The van der Waals surface area contributed by atoms with E-state index in [0.29, 0.717) is 17.3 Å². The highest BCUT2D eigenvalue weighted by Crippen LogP contribution is 2.28. The monoisotopic (exact) mass is 287 g/mol. The molecule has 1 aromatic heterocycles. The van der Waals surface area contributed by atoms with Gasteiger partial charge in [0.15, 0.2) is 0 Å². The summed E-state index contributed by atoms with van der Waals surface area (Å²) in [5.41, 5.74) is 9.03. The fourth-order valence-corrected chi connectivity index (χ4v) is 2.35. The normalized spacial score (nSPS) is 10.9. The summed E-state index contributed by atoms with van der Waals surface area (Å²) >= 11 is 5.99. The topological polar surface area (TPSA) is 63.9 Å². The quantitative estimate of drug-likeness (QED) is 0.719.